The first-order chi connectivity index (χ1) is 9.33. The van der Waals surface area contributed by atoms with E-state index in [-0.39, 0.29) is 0 Å². The molecule has 3 aromatic rings. The Morgan fingerprint density at radius 3 is 3.00 bits per heavy atom. The van der Waals surface area contributed by atoms with E-state index in [1.54, 1.807) is 11.3 Å². The molecule has 0 saturated heterocycles. The van der Waals surface area contributed by atoms with Crippen molar-refractivity contribution < 1.29 is 4.42 Å². The van der Waals surface area contributed by atoms with Gasteiger partial charge in [0, 0.05) is 22.8 Å². The van der Waals surface area contributed by atoms with Crippen molar-refractivity contribution in [2.24, 2.45) is 0 Å². The second-order valence-corrected chi connectivity index (χ2v) is 5.03. The van der Waals surface area contributed by atoms with Crippen LogP contribution in [-0.4, -0.2) is 15.2 Å². The zero-order valence-electron chi connectivity index (χ0n) is 10.3. The molecule has 96 valence electrons. The summed E-state index contributed by atoms with van der Waals surface area (Å²) in [5.74, 6) is 0.537. The van der Waals surface area contributed by atoms with Gasteiger partial charge in [0.25, 0.3) is 0 Å². The zero-order valence-corrected chi connectivity index (χ0v) is 11.1. The normalized spacial score (nSPS) is 10.6. The number of thiazole rings is 1. The molecule has 0 saturated carbocycles. The van der Waals surface area contributed by atoms with Crippen LogP contribution in [0.2, 0.25) is 0 Å². The van der Waals surface area contributed by atoms with Gasteiger partial charge in [-0.25, -0.2) is 4.98 Å². The van der Waals surface area contributed by atoms with E-state index in [0.717, 1.165) is 28.4 Å². The van der Waals surface area contributed by atoms with Crippen LogP contribution in [0.25, 0.3) is 11.5 Å². The van der Waals surface area contributed by atoms with E-state index < -0.39 is 0 Å². The summed E-state index contributed by atoms with van der Waals surface area (Å²) in [4.78, 5) is 4.24. The van der Waals surface area contributed by atoms with Crippen LogP contribution in [0, 0.1) is 6.92 Å². The zero-order chi connectivity index (χ0) is 13.1. The molecule has 3 rings (SSSR count). The molecule has 0 radical (unpaired) electrons. The standard InChI is InChI=1S/C13H12N4OS/c1-9-6-10(13-17-16-8-18-13)2-3-11(9)15-7-12-14-4-5-19-12/h2-6,8,15H,7H2,1H3. The van der Waals surface area contributed by atoms with E-state index in [4.69, 9.17) is 4.42 Å². The Bertz CT molecular complexity index is 649. The minimum atomic E-state index is 0.537. The smallest absolute Gasteiger partial charge is 0.247 e. The maximum atomic E-state index is 5.18. The van der Waals surface area contributed by atoms with Crippen LogP contribution in [-0.2, 0) is 6.54 Å². The van der Waals surface area contributed by atoms with Crippen LogP contribution in [0.15, 0.2) is 40.6 Å². The molecule has 0 aliphatic heterocycles. The molecule has 5 nitrogen and oxygen atoms in total. The van der Waals surface area contributed by atoms with Crippen molar-refractivity contribution in [2.45, 2.75) is 13.5 Å². The number of hydrogen-bond acceptors (Lipinski definition) is 6. The summed E-state index contributed by atoms with van der Waals surface area (Å²) >= 11 is 1.64. The molecular formula is C13H12N4OS. The van der Waals surface area contributed by atoms with E-state index in [1.807, 2.05) is 36.7 Å². The van der Waals surface area contributed by atoms with Gasteiger partial charge in [0.15, 0.2) is 0 Å². The number of hydrogen-bond donors (Lipinski definition) is 1. The average molecular weight is 272 g/mol. The summed E-state index contributed by atoms with van der Waals surface area (Å²) in [5.41, 5.74) is 3.14. The Labute approximate surface area is 114 Å². The second-order valence-electron chi connectivity index (χ2n) is 4.05. The summed E-state index contributed by atoms with van der Waals surface area (Å²) < 4.78 is 5.18. The molecule has 1 N–H and O–H groups in total. The number of nitrogens with one attached hydrogen (secondary N) is 1. The van der Waals surface area contributed by atoms with Gasteiger partial charge in [-0.2, -0.15) is 0 Å². The fraction of sp³-hybridized carbons (Fsp3) is 0.154. The summed E-state index contributed by atoms with van der Waals surface area (Å²) in [6, 6.07) is 6.00. The van der Waals surface area contributed by atoms with Gasteiger partial charge in [-0.3, -0.25) is 0 Å². The third-order valence-electron chi connectivity index (χ3n) is 2.75. The van der Waals surface area contributed by atoms with Gasteiger partial charge in [-0.15, -0.1) is 21.5 Å². The fourth-order valence-electron chi connectivity index (χ4n) is 1.81. The van der Waals surface area contributed by atoms with Gasteiger partial charge in [-0.1, -0.05) is 0 Å². The minimum Gasteiger partial charge on any atom is -0.423 e. The molecule has 6 heteroatoms. The summed E-state index contributed by atoms with van der Waals surface area (Å²) in [6.45, 7) is 2.78. The van der Waals surface area contributed by atoms with Crippen molar-refractivity contribution >= 4 is 17.0 Å². The summed E-state index contributed by atoms with van der Waals surface area (Å²) in [5, 5.41) is 14.0. The number of rotatable bonds is 4. The average Bonchev–Trinajstić information content (AvgIpc) is 3.10. The molecule has 0 spiro atoms. The molecule has 0 aliphatic rings. The molecule has 0 amide bonds. The van der Waals surface area contributed by atoms with Crippen molar-refractivity contribution in [3.8, 4) is 11.5 Å². The maximum absolute atomic E-state index is 5.18. The summed E-state index contributed by atoms with van der Waals surface area (Å²) in [7, 11) is 0. The first kappa shape index (κ1) is 11.9. The first-order valence-electron chi connectivity index (χ1n) is 5.82. The van der Waals surface area contributed by atoms with Crippen LogP contribution in [0.1, 0.15) is 10.6 Å². The molecule has 2 aromatic heterocycles. The quantitative estimate of drug-likeness (QED) is 0.790. The highest BCUT2D eigenvalue weighted by atomic mass is 32.1. The molecule has 0 fully saturated rings. The minimum absolute atomic E-state index is 0.537. The Morgan fingerprint density at radius 1 is 1.37 bits per heavy atom. The first-order valence-corrected chi connectivity index (χ1v) is 6.70. The maximum Gasteiger partial charge on any atom is 0.247 e. The second kappa shape index (κ2) is 5.19. The van der Waals surface area contributed by atoms with Gasteiger partial charge in [0.05, 0.1) is 6.54 Å². The third kappa shape index (κ3) is 2.63. The molecule has 0 bridgehead atoms. The highest BCUT2D eigenvalue weighted by Gasteiger charge is 2.06. The predicted octanol–water partition coefficient (Wildman–Crippen LogP) is 3.11. The molecule has 0 atom stereocenters. The lowest BCUT2D eigenvalue weighted by atomic mass is 10.1. The van der Waals surface area contributed by atoms with Crippen molar-refractivity contribution in [2.75, 3.05) is 5.32 Å². The van der Waals surface area contributed by atoms with Gasteiger partial charge in [-0.05, 0) is 30.7 Å². The summed E-state index contributed by atoms with van der Waals surface area (Å²) in [6.07, 6.45) is 3.15. The number of aromatic nitrogens is 3. The van der Waals surface area contributed by atoms with Gasteiger partial charge in [0.1, 0.15) is 5.01 Å². The lowest BCUT2D eigenvalue weighted by molar-refractivity contribution is 0.568. The van der Waals surface area contributed by atoms with Gasteiger partial charge >= 0.3 is 0 Å². The van der Waals surface area contributed by atoms with Crippen LogP contribution < -0.4 is 5.32 Å². The van der Waals surface area contributed by atoms with E-state index in [2.05, 4.69) is 20.5 Å². The molecule has 1 aromatic carbocycles. The molecule has 2 heterocycles. The molecule has 0 aliphatic carbocycles. The lowest BCUT2D eigenvalue weighted by Crippen LogP contribution is -2.00. The van der Waals surface area contributed by atoms with Crippen LogP contribution >= 0.6 is 11.3 Å². The largest absolute Gasteiger partial charge is 0.423 e. The number of benzene rings is 1. The fourth-order valence-corrected chi connectivity index (χ4v) is 2.36. The Balaban J connectivity index is 1.76. The van der Waals surface area contributed by atoms with Crippen molar-refractivity contribution in [3.05, 3.63) is 46.7 Å². The molecular weight excluding hydrogens is 260 g/mol. The van der Waals surface area contributed by atoms with E-state index in [1.165, 1.54) is 6.39 Å². The number of nitrogens with zero attached hydrogens (tertiary/aromatic N) is 3. The highest BCUT2D eigenvalue weighted by Crippen LogP contribution is 2.23. The Morgan fingerprint density at radius 2 is 2.32 bits per heavy atom. The molecule has 19 heavy (non-hydrogen) atoms. The van der Waals surface area contributed by atoms with Gasteiger partial charge < -0.3 is 9.73 Å². The topological polar surface area (TPSA) is 63.8 Å². The van der Waals surface area contributed by atoms with Crippen molar-refractivity contribution in [1.29, 1.82) is 0 Å². The highest BCUT2D eigenvalue weighted by molar-refractivity contribution is 7.09. The monoisotopic (exact) mass is 272 g/mol. The number of aryl methyl sites for hydroxylation is 1. The number of anilines is 1. The predicted molar refractivity (Wildman–Crippen MR) is 73.9 cm³/mol. The van der Waals surface area contributed by atoms with Gasteiger partial charge in [0.2, 0.25) is 12.3 Å². The van der Waals surface area contributed by atoms with Crippen LogP contribution in [0.4, 0.5) is 5.69 Å². The Hall–Kier alpha value is -2.21. The van der Waals surface area contributed by atoms with E-state index in [0.29, 0.717) is 5.89 Å². The molecule has 0 unspecified atom stereocenters. The van der Waals surface area contributed by atoms with Crippen LogP contribution in [0.3, 0.4) is 0 Å². The van der Waals surface area contributed by atoms with Crippen molar-refractivity contribution in [1.82, 2.24) is 15.2 Å². The van der Waals surface area contributed by atoms with Crippen LogP contribution in [0.5, 0.6) is 0 Å². The van der Waals surface area contributed by atoms with E-state index in [9.17, 15) is 0 Å². The Kier molecular flexibility index (Phi) is 3.24. The lowest BCUT2D eigenvalue weighted by Gasteiger charge is -2.08. The van der Waals surface area contributed by atoms with Crippen molar-refractivity contribution in [3.63, 3.8) is 0 Å². The SMILES string of the molecule is Cc1cc(-c2nnco2)ccc1NCc1nccs1. The third-order valence-corrected chi connectivity index (χ3v) is 3.53. The van der Waals surface area contributed by atoms with E-state index >= 15 is 0 Å².